The second-order valence-electron chi connectivity index (χ2n) is 4.51. The second-order valence-corrected chi connectivity index (χ2v) is 5.90. The molecule has 0 radical (unpaired) electrons. The Morgan fingerprint density at radius 1 is 1.54 bits per heavy atom. The standard InChI is InChI=1S/C11H23NS/c1-3-13-8-7-11(12)6-4-5-10(2)9-11/h10H,3-9,12H2,1-2H3. The molecule has 2 unspecified atom stereocenters. The van der Waals surface area contributed by atoms with Crippen LogP contribution < -0.4 is 5.73 Å². The quantitative estimate of drug-likeness (QED) is 0.708. The summed E-state index contributed by atoms with van der Waals surface area (Å²) in [7, 11) is 0. The van der Waals surface area contributed by atoms with Crippen molar-refractivity contribution in [3.63, 3.8) is 0 Å². The van der Waals surface area contributed by atoms with E-state index in [0.29, 0.717) is 0 Å². The van der Waals surface area contributed by atoms with E-state index in [1.54, 1.807) is 0 Å². The van der Waals surface area contributed by atoms with Gasteiger partial charge in [0.05, 0.1) is 0 Å². The van der Waals surface area contributed by atoms with Crippen molar-refractivity contribution in [2.45, 2.75) is 51.5 Å². The van der Waals surface area contributed by atoms with E-state index in [2.05, 4.69) is 13.8 Å². The van der Waals surface area contributed by atoms with Gasteiger partial charge in [-0.25, -0.2) is 0 Å². The van der Waals surface area contributed by atoms with E-state index < -0.39 is 0 Å². The topological polar surface area (TPSA) is 26.0 Å². The fourth-order valence-electron chi connectivity index (χ4n) is 2.35. The lowest BCUT2D eigenvalue weighted by Gasteiger charge is -2.36. The summed E-state index contributed by atoms with van der Waals surface area (Å²) in [5, 5.41) is 0. The first-order valence-electron chi connectivity index (χ1n) is 5.53. The number of nitrogens with two attached hydrogens (primary N) is 1. The molecule has 78 valence electrons. The highest BCUT2D eigenvalue weighted by Crippen LogP contribution is 2.33. The largest absolute Gasteiger partial charge is 0.325 e. The zero-order chi connectivity index (χ0) is 9.73. The van der Waals surface area contributed by atoms with E-state index in [1.165, 1.54) is 43.6 Å². The lowest BCUT2D eigenvalue weighted by Crippen LogP contribution is -2.44. The molecule has 0 aliphatic heterocycles. The molecule has 1 nitrogen and oxygen atoms in total. The molecule has 0 bridgehead atoms. The van der Waals surface area contributed by atoms with Gasteiger partial charge < -0.3 is 5.73 Å². The van der Waals surface area contributed by atoms with Crippen molar-refractivity contribution in [1.29, 1.82) is 0 Å². The van der Waals surface area contributed by atoms with Gasteiger partial charge in [-0.1, -0.05) is 26.7 Å². The summed E-state index contributed by atoms with van der Waals surface area (Å²) in [5.74, 6) is 3.33. The summed E-state index contributed by atoms with van der Waals surface area (Å²) in [6.07, 6.45) is 6.45. The van der Waals surface area contributed by atoms with Crippen LogP contribution in [-0.4, -0.2) is 17.0 Å². The van der Waals surface area contributed by atoms with Crippen LogP contribution in [0.4, 0.5) is 0 Å². The fourth-order valence-corrected chi connectivity index (χ4v) is 3.19. The van der Waals surface area contributed by atoms with Gasteiger partial charge in [-0.3, -0.25) is 0 Å². The van der Waals surface area contributed by atoms with Crippen LogP contribution in [0.1, 0.15) is 46.0 Å². The molecule has 0 heterocycles. The van der Waals surface area contributed by atoms with E-state index >= 15 is 0 Å². The van der Waals surface area contributed by atoms with Gasteiger partial charge in [-0.2, -0.15) is 11.8 Å². The van der Waals surface area contributed by atoms with Crippen molar-refractivity contribution in [3.8, 4) is 0 Å². The predicted molar refractivity (Wildman–Crippen MR) is 62.2 cm³/mol. The summed E-state index contributed by atoms with van der Waals surface area (Å²) in [6, 6.07) is 0. The highest BCUT2D eigenvalue weighted by Gasteiger charge is 2.30. The van der Waals surface area contributed by atoms with Crippen LogP contribution in [0.5, 0.6) is 0 Å². The van der Waals surface area contributed by atoms with Crippen LogP contribution in [0.3, 0.4) is 0 Å². The zero-order valence-electron chi connectivity index (χ0n) is 9.01. The maximum Gasteiger partial charge on any atom is 0.0164 e. The van der Waals surface area contributed by atoms with Crippen molar-refractivity contribution in [1.82, 2.24) is 0 Å². The van der Waals surface area contributed by atoms with Crippen LogP contribution in [0, 0.1) is 5.92 Å². The molecule has 2 heteroatoms. The van der Waals surface area contributed by atoms with E-state index in [0.717, 1.165) is 5.92 Å². The first-order chi connectivity index (χ1) is 6.16. The van der Waals surface area contributed by atoms with Gasteiger partial charge >= 0.3 is 0 Å². The van der Waals surface area contributed by atoms with Crippen LogP contribution in [0.15, 0.2) is 0 Å². The Morgan fingerprint density at radius 2 is 2.31 bits per heavy atom. The Morgan fingerprint density at radius 3 is 2.92 bits per heavy atom. The summed E-state index contributed by atoms with van der Waals surface area (Å²) in [6.45, 7) is 4.56. The van der Waals surface area contributed by atoms with Crippen molar-refractivity contribution >= 4 is 11.8 Å². The lowest BCUT2D eigenvalue weighted by molar-refractivity contribution is 0.231. The molecule has 1 rings (SSSR count). The van der Waals surface area contributed by atoms with Gasteiger partial charge in [-0.15, -0.1) is 0 Å². The summed E-state index contributed by atoms with van der Waals surface area (Å²) < 4.78 is 0. The number of hydrogen-bond donors (Lipinski definition) is 1. The summed E-state index contributed by atoms with van der Waals surface area (Å²) in [5.41, 5.74) is 6.56. The van der Waals surface area contributed by atoms with Crippen molar-refractivity contribution < 1.29 is 0 Å². The third-order valence-electron chi connectivity index (χ3n) is 3.07. The van der Waals surface area contributed by atoms with Gasteiger partial charge in [0.15, 0.2) is 0 Å². The minimum atomic E-state index is 0.180. The third-order valence-corrected chi connectivity index (χ3v) is 3.98. The second kappa shape index (κ2) is 5.26. The highest BCUT2D eigenvalue weighted by molar-refractivity contribution is 7.99. The molecule has 2 N–H and O–H groups in total. The number of thioether (sulfide) groups is 1. The molecule has 0 aromatic rings. The maximum atomic E-state index is 6.38. The molecular weight excluding hydrogens is 178 g/mol. The lowest BCUT2D eigenvalue weighted by atomic mass is 9.76. The Hall–Kier alpha value is 0.310. The van der Waals surface area contributed by atoms with Crippen LogP contribution in [0.2, 0.25) is 0 Å². The normalized spacial score (nSPS) is 34.8. The maximum absolute atomic E-state index is 6.38. The molecule has 13 heavy (non-hydrogen) atoms. The molecule has 0 aromatic carbocycles. The fraction of sp³-hybridized carbons (Fsp3) is 1.00. The van der Waals surface area contributed by atoms with Crippen molar-refractivity contribution in [2.75, 3.05) is 11.5 Å². The molecule has 0 aromatic heterocycles. The first kappa shape index (κ1) is 11.4. The minimum absolute atomic E-state index is 0.180. The average molecular weight is 201 g/mol. The first-order valence-corrected chi connectivity index (χ1v) is 6.68. The van der Waals surface area contributed by atoms with Crippen LogP contribution in [-0.2, 0) is 0 Å². The molecule has 1 saturated carbocycles. The Bertz CT molecular complexity index is 149. The number of hydrogen-bond acceptors (Lipinski definition) is 2. The molecular formula is C11H23NS. The van der Waals surface area contributed by atoms with Gasteiger partial charge in [0.25, 0.3) is 0 Å². The SMILES string of the molecule is CCSCCC1(N)CCCC(C)C1. The summed E-state index contributed by atoms with van der Waals surface area (Å²) in [4.78, 5) is 0. The van der Waals surface area contributed by atoms with Crippen molar-refractivity contribution in [2.24, 2.45) is 11.7 Å². The monoisotopic (exact) mass is 201 g/mol. The third kappa shape index (κ3) is 3.90. The van der Waals surface area contributed by atoms with E-state index in [4.69, 9.17) is 5.73 Å². The van der Waals surface area contributed by atoms with Gasteiger partial charge in [0.1, 0.15) is 0 Å². The average Bonchev–Trinajstić information content (AvgIpc) is 2.04. The van der Waals surface area contributed by atoms with E-state index in [-0.39, 0.29) is 5.54 Å². The van der Waals surface area contributed by atoms with Crippen molar-refractivity contribution in [3.05, 3.63) is 0 Å². The van der Waals surface area contributed by atoms with Gasteiger partial charge in [-0.05, 0) is 36.7 Å². The Balaban J connectivity index is 2.27. The predicted octanol–water partition coefficient (Wildman–Crippen LogP) is 3.04. The smallest absolute Gasteiger partial charge is 0.0164 e. The van der Waals surface area contributed by atoms with E-state index in [1.807, 2.05) is 11.8 Å². The number of rotatable bonds is 4. The molecule has 0 saturated heterocycles. The minimum Gasteiger partial charge on any atom is -0.325 e. The molecule has 1 aliphatic carbocycles. The Labute approximate surface area is 86.8 Å². The van der Waals surface area contributed by atoms with Gasteiger partial charge in [0.2, 0.25) is 0 Å². The zero-order valence-corrected chi connectivity index (χ0v) is 9.83. The highest BCUT2D eigenvalue weighted by atomic mass is 32.2. The molecule has 0 spiro atoms. The Kier molecular flexibility index (Phi) is 4.60. The van der Waals surface area contributed by atoms with Crippen LogP contribution in [0.25, 0.3) is 0 Å². The van der Waals surface area contributed by atoms with Crippen LogP contribution >= 0.6 is 11.8 Å². The summed E-state index contributed by atoms with van der Waals surface area (Å²) >= 11 is 2.02. The van der Waals surface area contributed by atoms with E-state index in [9.17, 15) is 0 Å². The molecule has 1 aliphatic rings. The molecule has 2 atom stereocenters. The van der Waals surface area contributed by atoms with Gasteiger partial charge in [0, 0.05) is 5.54 Å². The molecule has 0 amide bonds. The molecule has 1 fully saturated rings.